The molecule has 1 saturated heterocycles. The largest absolute Gasteiger partial charge is 0.467 e. The van der Waals surface area contributed by atoms with Crippen LogP contribution >= 0.6 is 0 Å². The average Bonchev–Trinajstić information content (AvgIpc) is 2.50. The van der Waals surface area contributed by atoms with Gasteiger partial charge in [0.05, 0.1) is 7.11 Å². The maximum atomic E-state index is 12.0. The maximum absolute atomic E-state index is 12.0. The van der Waals surface area contributed by atoms with Crippen molar-refractivity contribution in [2.45, 2.75) is 58.4 Å². The molecule has 1 rings (SSSR count). The summed E-state index contributed by atoms with van der Waals surface area (Å²) < 4.78 is 30.0. The van der Waals surface area contributed by atoms with E-state index in [2.05, 4.69) is 4.74 Å². The summed E-state index contributed by atoms with van der Waals surface area (Å²) in [5, 5.41) is 0. The van der Waals surface area contributed by atoms with E-state index in [-0.39, 0.29) is 0 Å². The van der Waals surface area contributed by atoms with Crippen LogP contribution in [0.4, 0.5) is 0 Å². The molecule has 0 bridgehead atoms. The van der Waals surface area contributed by atoms with E-state index in [0.717, 1.165) is 34.8 Å². The van der Waals surface area contributed by atoms with Crippen molar-refractivity contribution in [2.75, 3.05) is 7.11 Å². The van der Waals surface area contributed by atoms with Crippen LogP contribution in [0.3, 0.4) is 0 Å². The molecule has 1 fully saturated rings. The zero-order valence-electron chi connectivity index (χ0n) is 14.9. The third kappa shape index (κ3) is 5.69. The third-order valence-corrected chi connectivity index (χ3v) is 3.12. The van der Waals surface area contributed by atoms with E-state index < -0.39 is 60.6 Å². The molecule has 0 aromatic heterocycles. The first-order valence-electron chi connectivity index (χ1n) is 7.49. The van der Waals surface area contributed by atoms with Crippen molar-refractivity contribution in [2.24, 2.45) is 0 Å². The highest BCUT2D eigenvalue weighted by Crippen LogP contribution is 2.30. The van der Waals surface area contributed by atoms with E-state index in [1.54, 1.807) is 0 Å². The normalized spacial score (nSPS) is 27.7. The van der Waals surface area contributed by atoms with Crippen LogP contribution in [-0.4, -0.2) is 67.7 Å². The van der Waals surface area contributed by atoms with Crippen LogP contribution < -0.4 is 0 Å². The van der Waals surface area contributed by atoms with Gasteiger partial charge in [0.1, 0.15) is 0 Å². The zero-order chi connectivity index (χ0) is 20.0. The molecule has 0 saturated carbocycles. The molecule has 0 aliphatic carbocycles. The summed E-state index contributed by atoms with van der Waals surface area (Å²) in [5.41, 5.74) is 0. The Hall–Kier alpha value is -2.69. The van der Waals surface area contributed by atoms with Crippen molar-refractivity contribution in [1.29, 1.82) is 0 Å². The van der Waals surface area contributed by atoms with E-state index in [0.29, 0.717) is 0 Å². The molecule has 1 aliphatic heterocycles. The van der Waals surface area contributed by atoms with Crippen molar-refractivity contribution in [1.82, 2.24) is 0 Å². The molecule has 0 unspecified atom stereocenters. The Morgan fingerprint density at radius 2 is 1.08 bits per heavy atom. The lowest BCUT2D eigenvalue weighted by Gasteiger charge is -2.42. The smallest absolute Gasteiger partial charge is 0.339 e. The van der Waals surface area contributed by atoms with Gasteiger partial charge in [-0.1, -0.05) is 0 Å². The van der Waals surface area contributed by atoms with E-state index >= 15 is 0 Å². The molecule has 0 aromatic rings. The Kier molecular flexibility index (Phi) is 7.50. The molecule has 5 atom stereocenters. The molecule has 1 heterocycles. The minimum Gasteiger partial charge on any atom is -0.467 e. The number of esters is 5. The summed E-state index contributed by atoms with van der Waals surface area (Å²) in [4.78, 5) is 57.7. The van der Waals surface area contributed by atoms with Crippen LogP contribution in [0.15, 0.2) is 0 Å². The van der Waals surface area contributed by atoms with Gasteiger partial charge in [0.2, 0.25) is 12.4 Å². The van der Waals surface area contributed by atoms with Gasteiger partial charge in [0.15, 0.2) is 18.3 Å². The Balaban J connectivity index is 3.37. The number of rotatable bonds is 5. The van der Waals surface area contributed by atoms with Crippen molar-refractivity contribution in [3.63, 3.8) is 0 Å². The fraction of sp³-hybridized carbons (Fsp3) is 0.667. The molecule has 0 radical (unpaired) electrons. The van der Waals surface area contributed by atoms with Crippen LogP contribution in [0.25, 0.3) is 0 Å². The van der Waals surface area contributed by atoms with Gasteiger partial charge in [-0.3, -0.25) is 19.2 Å². The first-order valence-corrected chi connectivity index (χ1v) is 7.49. The van der Waals surface area contributed by atoms with Gasteiger partial charge in [-0.2, -0.15) is 0 Å². The van der Waals surface area contributed by atoms with E-state index in [9.17, 15) is 24.0 Å². The highest BCUT2D eigenvalue weighted by molar-refractivity contribution is 5.77. The quantitative estimate of drug-likeness (QED) is 0.441. The number of carbonyl (C=O) groups is 5. The van der Waals surface area contributed by atoms with Crippen molar-refractivity contribution in [3.05, 3.63) is 0 Å². The number of hydrogen-bond donors (Lipinski definition) is 0. The third-order valence-electron chi connectivity index (χ3n) is 3.12. The Bertz CT molecular complexity index is 584. The Labute approximate surface area is 148 Å². The Morgan fingerprint density at radius 3 is 1.50 bits per heavy atom. The predicted octanol–water partition coefficient (Wildman–Crippen LogP) is -0.757. The van der Waals surface area contributed by atoms with Gasteiger partial charge in [0, 0.05) is 27.7 Å². The molecular weight excluding hydrogens is 356 g/mol. The SMILES string of the molecule is COC(=O)[C@@H]1O[C@@H](OC(C)=O)[C@H](OC(C)=O)[C@H](OC(C)=O)[C@@H]1OC(C)=O. The van der Waals surface area contributed by atoms with Gasteiger partial charge in [-0.25, -0.2) is 4.79 Å². The molecule has 0 aromatic carbocycles. The van der Waals surface area contributed by atoms with Crippen LogP contribution in [0.1, 0.15) is 27.7 Å². The fourth-order valence-electron chi connectivity index (χ4n) is 2.34. The minimum absolute atomic E-state index is 0.814. The minimum atomic E-state index is -1.60. The molecule has 26 heavy (non-hydrogen) atoms. The standard InChI is InChI=1S/C15H20O11/c1-6(16)22-10-11(23-7(2)17)13(24-8(3)18)15(25-9(4)19)26-12(10)14(20)21-5/h10-13,15H,1-5H3/t10-,11+,12+,13+,15+/m0/s1. The fourth-order valence-corrected chi connectivity index (χ4v) is 2.34. The van der Waals surface area contributed by atoms with Gasteiger partial charge < -0.3 is 28.4 Å². The lowest BCUT2D eigenvalue weighted by molar-refractivity contribution is -0.294. The summed E-state index contributed by atoms with van der Waals surface area (Å²) in [6, 6.07) is 0. The second-order valence-electron chi connectivity index (χ2n) is 5.28. The maximum Gasteiger partial charge on any atom is 0.339 e. The lowest BCUT2D eigenvalue weighted by Crippen LogP contribution is -2.64. The molecule has 1 aliphatic rings. The van der Waals surface area contributed by atoms with Gasteiger partial charge in [0.25, 0.3) is 0 Å². The van der Waals surface area contributed by atoms with Crippen molar-refractivity contribution >= 4 is 29.8 Å². The molecular formula is C15H20O11. The van der Waals surface area contributed by atoms with Gasteiger partial charge >= 0.3 is 29.8 Å². The van der Waals surface area contributed by atoms with Crippen LogP contribution in [0.5, 0.6) is 0 Å². The molecule has 146 valence electrons. The topological polar surface area (TPSA) is 141 Å². The number of methoxy groups -OCH3 is 1. The monoisotopic (exact) mass is 376 g/mol. The second kappa shape index (κ2) is 9.13. The molecule has 0 amide bonds. The molecule has 0 N–H and O–H groups in total. The lowest BCUT2D eigenvalue weighted by atomic mass is 9.97. The molecule has 11 nitrogen and oxygen atoms in total. The van der Waals surface area contributed by atoms with E-state index in [4.69, 9.17) is 23.7 Å². The van der Waals surface area contributed by atoms with Crippen molar-refractivity contribution < 1.29 is 52.4 Å². The van der Waals surface area contributed by atoms with Crippen LogP contribution in [-0.2, 0) is 52.4 Å². The molecule has 0 spiro atoms. The summed E-state index contributed by atoms with van der Waals surface area (Å²) in [6.45, 7) is 4.22. The highest BCUT2D eigenvalue weighted by Gasteiger charge is 2.56. The summed E-state index contributed by atoms with van der Waals surface area (Å²) in [7, 11) is 1.05. The zero-order valence-corrected chi connectivity index (χ0v) is 14.9. The second-order valence-corrected chi connectivity index (χ2v) is 5.28. The summed E-state index contributed by atoms with van der Waals surface area (Å²) in [5.74, 6) is -4.25. The Morgan fingerprint density at radius 1 is 0.654 bits per heavy atom. The van der Waals surface area contributed by atoms with E-state index in [1.165, 1.54) is 0 Å². The predicted molar refractivity (Wildman–Crippen MR) is 79.1 cm³/mol. The van der Waals surface area contributed by atoms with Crippen LogP contribution in [0.2, 0.25) is 0 Å². The van der Waals surface area contributed by atoms with Gasteiger partial charge in [-0.05, 0) is 0 Å². The van der Waals surface area contributed by atoms with Gasteiger partial charge in [-0.15, -0.1) is 0 Å². The van der Waals surface area contributed by atoms with Crippen LogP contribution in [0, 0.1) is 0 Å². The van der Waals surface area contributed by atoms with E-state index in [1.807, 2.05) is 0 Å². The number of carbonyl (C=O) groups excluding carboxylic acids is 5. The summed E-state index contributed by atoms with van der Waals surface area (Å²) in [6.07, 6.45) is -7.66. The average molecular weight is 376 g/mol. The number of hydrogen-bond acceptors (Lipinski definition) is 11. The first kappa shape index (κ1) is 21.4. The molecule has 11 heteroatoms. The first-order chi connectivity index (χ1) is 12.1. The highest BCUT2D eigenvalue weighted by atomic mass is 16.7. The summed E-state index contributed by atoms with van der Waals surface area (Å²) >= 11 is 0. The number of ether oxygens (including phenoxy) is 6. The van der Waals surface area contributed by atoms with Crippen molar-refractivity contribution in [3.8, 4) is 0 Å².